The van der Waals surface area contributed by atoms with E-state index in [-0.39, 0.29) is 0 Å². The van der Waals surface area contributed by atoms with Crippen molar-refractivity contribution >= 4 is 11.0 Å². The number of benzene rings is 1. The van der Waals surface area contributed by atoms with Crippen molar-refractivity contribution in [3.8, 4) is 11.5 Å². The molecular formula is C15H14N2O2. The zero-order valence-electron chi connectivity index (χ0n) is 10.6. The fraction of sp³-hybridized carbons (Fsp3) is 0.133. The van der Waals surface area contributed by atoms with Crippen LogP contribution in [0.3, 0.4) is 0 Å². The van der Waals surface area contributed by atoms with Gasteiger partial charge in [-0.2, -0.15) is 0 Å². The first-order valence-electron chi connectivity index (χ1n) is 6.04. The SMILES string of the molecule is COc1cccc(COc2cnc3[nH]ccc3c2)c1. The number of nitrogens with one attached hydrogen (secondary N) is 1. The molecule has 0 aliphatic heterocycles. The van der Waals surface area contributed by atoms with Crippen LogP contribution in [0.1, 0.15) is 5.56 Å². The lowest BCUT2D eigenvalue weighted by Crippen LogP contribution is -1.96. The lowest BCUT2D eigenvalue weighted by Gasteiger charge is -2.07. The Morgan fingerprint density at radius 3 is 3.00 bits per heavy atom. The molecule has 0 radical (unpaired) electrons. The summed E-state index contributed by atoms with van der Waals surface area (Å²) in [6, 6.07) is 11.8. The number of hydrogen-bond donors (Lipinski definition) is 1. The Hall–Kier alpha value is -2.49. The molecule has 0 aliphatic rings. The molecule has 1 N–H and O–H groups in total. The summed E-state index contributed by atoms with van der Waals surface area (Å²) >= 11 is 0. The molecule has 4 nitrogen and oxygen atoms in total. The maximum Gasteiger partial charge on any atom is 0.138 e. The molecule has 3 aromatic rings. The van der Waals surface area contributed by atoms with Gasteiger partial charge in [-0.25, -0.2) is 4.98 Å². The summed E-state index contributed by atoms with van der Waals surface area (Å²) in [7, 11) is 1.66. The number of methoxy groups -OCH3 is 1. The van der Waals surface area contributed by atoms with E-state index in [1.165, 1.54) is 0 Å². The number of nitrogens with zero attached hydrogens (tertiary/aromatic N) is 1. The molecule has 3 rings (SSSR count). The van der Waals surface area contributed by atoms with Crippen LogP contribution < -0.4 is 9.47 Å². The first-order chi connectivity index (χ1) is 9.35. The molecule has 0 amide bonds. The summed E-state index contributed by atoms with van der Waals surface area (Å²) < 4.78 is 10.9. The molecule has 0 bridgehead atoms. The van der Waals surface area contributed by atoms with Gasteiger partial charge in [0.05, 0.1) is 13.3 Å². The summed E-state index contributed by atoms with van der Waals surface area (Å²) in [4.78, 5) is 7.33. The van der Waals surface area contributed by atoms with Gasteiger partial charge in [-0.15, -0.1) is 0 Å². The molecule has 2 heterocycles. The molecule has 0 fully saturated rings. The highest BCUT2D eigenvalue weighted by molar-refractivity contribution is 5.76. The van der Waals surface area contributed by atoms with E-state index in [1.807, 2.05) is 42.6 Å². The van der Waals surface area contributed by atoms with E-state index in [2.05, 4.69) is 9.97 Å². The first kappa shape index (κ1) is 11.6. The minimum atomic E-state index is 0.495. The maximum atomic E-state index is 5.74. The normalized spacial score (nSPS) is 10.6. The van der Waals surface area contributed by atoms with Crippen molar-refractivity contribution in [1.29, 1.82) is 0 Å². The van der Waals surface area contributed by atoms with E-state index >= 15 is 0 Å². The number of pyridine rings is 1. The number of fused-ring (bicyclic) bond motifs is 1. The molecule has 0 saturated carbocycles. The van der Waals surface area contributed by atoms with Crippen LogP contribution in [0.2, 0.25) is 0 Å². The van der Waals surface area contributed by atoms with Crippen LogP contribution in [0.5, 0.6) is 11.5 Å². The van der Waals surface area contributed by atoms with E-state index in [1.54, 1.807) is 13.3 Å². The van der Waals surface area contributed by atoms with Crippen LogP contribution in [0.25, 0.3) is 11.0 Å². The Bertz CT molecular complexity index is 691. The Morgan fingerprint density at radius 1 is 1.16 bits per heavy atom. The standard InChI is InChI=1S/C15H14N2O2/c1-18-13-4-2-3-11(7-13)10-19-14-8-12-5-6-16-15(12)17-9-14/h2-9H,10H2,1H3,(H,16,17). The quantitative estimate of drug-likeness (QED) is 0.778. The van der Waals surface area contributed by atoms with Crippen LogP contribution in [0.15, 0.2) is 48.8 Å². The van der Waals surface area contributed by atoms with Crippen molar-refractivity contribution in [1.82, 2.24) is 9.97 Å². The molecule has 0 atom stereocenters. The fourth-order valence-electron chi connectivity index (χ4n) is 1.93. The molecular weight excluding hydrogens is 240 g/mol. The van der Waals surface area contributed by atoms with Crippen LogP contribution in [-0.2, 0) is 6.61 Å². The third-order valence-electron chi connectivity index (χ3n) is 2.91. The van der Waals surface area contributed by atoms with Crippen molar-refractivity contribution < 1.29 is 9.47 Å². The summed E-state index contributed by atoms with van der Waals surface area (Å²) in [5.41, 5.74) is 1.93. The molecule has 1 aromatic carbocycles. The van der Waals surface area contributed by atoms with Crippen LogP contribution in [-0.4, -0.2) is 17.1 Å². The molecule has 0 spiro atoms. The number of ether oxygens (including phenoxy) is 2. The monoisotopic (exact) mass is 254 g/mol. The van der Waals surface area contributed by atoms with Gasteiger partial charge in [0.15, 0.2) is 0 Å². The second-order valence-corrected chi connectivity index (χ2v) is 4.23. The van der Waals surface area contributed by atoms with Gasteiger partial charge >= 0.3 is 0 Å². The second-order valence-electron chi connectivity index (χ2n) is 4.23. The van der Waals surface area contributed by atoms with Gasteiger partial charge in [-0.3, -0.25) is 0 Å². The number of H-pyrrole nitrogens is 1. The van der Waals surface area contributed by atoms with Crippen molar-refractivity contribution in [2.75, 3.05) is 7.11 Å². The number of aromatic amines is 1. The zero-order valence-corrected chi connectivity index (χ0v) is 10.6. The van der Waals surface area contributed by atoms with Crippen LogP contribution >= 0.6 is 0 Å². The van der Waals surface area contributed by atoms with Crippen molar-refractivity contribution in [3.05, 3.63) is 54.4 Å². The van der Waals surface area contributed by atoms with Crippen molar-refractivity contribution in [3.63, 3.8) is 0 Å². The lowest BCUT2D eigenvalue weighted by molar-refractivity contribution is 0.304. The van der Waals surface area contributed by atoms with Gasteiger partial charge in [-0.1, -0.05) is 12.1 Å². The number of rotatable bonds is 4. The average molecular weight is 254 g/mol. The summed E-state index contributed by atoms with van der Waals surface area (Å²) in [5.74, 6) is 1.59. The molecule has 0 unspecified atom stereocenters. The van der Waals surface area contributed by atoms with Crippen molar-refractivity contribution in [2.45, 2.75) is 6.61 Å². The molecule has 4 heteroatoms. The highest BCUT2D eigenvalue weighted by atomic mass is 16.5. The largest absolute Gasteiger partial charge is 0.497 e. The van der Waals surface area contributed by atoms with E-state index in [0.29, 0.717) is 6.61 Å². The zero-order chi connectivity index (χ0) is 13.1. The predicted octanol–water partition coefficient (Wildman–Crippen LogP) is 3.15. The van der Waals surface area contributed by atoms with E-state index in [0.717, 1.165) is 28.1 Å². The molecule has 2 aromatic heterocycles. The summed E-state index contributed by atoms with van der Waals surface area (Å²) in [6.45, 7) is 0.495. The topological polar surface area (TPSA) is 47.1 Å². The van der Waals surface area contributed by atoms with Gasteiger partial charge < -0.3 is 14.5 Å². The Balaban J connectivity index is 1.74. The van der Waals surface area contributed by atoms with Gasteiger partial charge in [0.1, 0.15) is 23.8 Å². The highest BCUT2D eigenvalue weighted by Crippen LogP contribution is 2.19. The van der Waals surface area contributed by atoms with Gasteiger partial charge in [0.25, 0.3) is 0 Å². The van der Waals surface area contributed by atoms with Crippen LogP contribution in [0.4, 0.5) is 0 Å². The first-order valence-corrected chi connectivity index (χ1v) is 6.04. The van der Waals surface area contributed by atoms with Gasteiger partial charge in [-0.05, 0) is 29.8 Å². The van der Waals surface area contributed by atoms with Gasteiger partial charge in [0, 0.05) is 11.6 Å². The average Bonchev–Trinajstić information content (AvgIpc) is 2.93. The third-order valence-corrected chi connectivity index (χ3v) is 2.91. The Morgan fingerprint density at radius 2 is 2.11 bits per heavy atom. The number of aromatic nitrogens is 2. The maximum absolute atomic E-state index is 5.74. The molecule has 0 saturated heterocycles. The lowest BCUT2D eigenvalue weighted by atomic mass is 10.2. The predicted molar refractivity (Wildman–Crippen MR) is 73.4 cm³/mol. The van der Waals surface area contributed by atoms with Gasteiger partial charge in [0.2, 0.25) is 0 Å². The van der Waals surface area contributed by atoms with Crippen LogP contribution in [0, 0.1) is 0 Å². The van der Waals surface area contributed by atoms with Crippen molar-refractivity contribution in [2.24, 2.45) is 0 Å². The molecule has 19 heavy (non-hydrogen) atoms. The highest BCUT2D eigenvalue weighted by Gasteiger charge is 2.01. The smallest absolute Gasteiger partial charge is 0.138 e. The Kier molecular flexibility index (Phi) is 3.06. The second kappa shape index (κ2) is 5.02. The Labute approximate surface area is 111 Å². The number of hydrogen-bond acceptors (Lipinski definition) is 3. The summed E-state index contributed by atoms with van der Waals surface area (Å²) in [6.07, 6.45) is 3.59. The third kappa shape index (κ3) is 2.52. The minimum Gasteiger partial charge on any atom is -0.497 e. The van der Waals surface area contributed by atoms with E-state index in [9.17, 15) is 0 Å². The fourth-order valence-corrected chi connectivity index (χ4v) is 1.93. The molecule has 0 aliphatic carbocycles. The van der Waals surface area contributed by atoms with E-state index < -0.39 is 0 Å². The molecule has 96 valence electrons. The minimum absolute atomic E-state index is 0.495. The summed E-state index contributed by atoms with van der Waals surface area (Å²) in [5, 5.41) is 1.04. The van der Waals surface area contributed by atoms with E-state index in [4.69, 9.17) is 9.47 Å².